The lowest BCUT2D eigenvalue weighted by molar-refractivity contribution is 0.0864. The van der Waals surface area contributed by atoms with Crippen molar-refractivity contribution in [3.63, 3.8) is 0 Å². The highest BCUT2D eigenvalue weighted by Gasteiger charge is 2.17. The Labute approximate surface area is 168 Å². The molecule has 0 spiro atoms. The number of pyridine rings is 1. The number of nitrogens with one attached hydrogen (secondary N) is 2. The maximum atomic E-state index is 12.3. The molecule has 4 rings (SSSR count). The van der Waals surface area contributed by atoms with Crippen molar-refractivity contribution in [1.29, 1.82) is 5.41 Å². The Morgan fingerprint density at radius 2 is 2.00 bits per heavy atom. The van der Waals surface area contributed by atoms with E-state index in [1.165, 1.54) is 19.9 Å². The van der Waals surface area contributed by atoms with Gasteiger partial charge in [-0.3, -0.25) is 25.0 Å². The van der Waals surface area contributed by atoms with Crippen molar-refractivity contribution in [2.45, 2.75) is 19.4 Å². The maximum Gasteiger partial charge on any atom is 0.276 e. The normalized spacial score (nSPS) is 14.2. The van der Waals surface area contributed by atoms with E-state index in [1.807, 2.05) is 30.3 Å². The number of hydrogen-bond acceptors (Lipinski definition) is 5. The molecule has 0 radical (unpaired) electrons. The number of carbonyl (C=O) groups excluding carboxylic acids is 1. The topological polar surface area (TPSA) is 111 Å². The molecule has 0 unspecified atom stereocenters. The Hall–Kier alpha value is -3.39. The number of H-pyrrole nitrogens is 1. The molecule has 2 aromatic heterocycles. The molecule has 1 saturated heterocycles. The third kappa shape index (κ3) is 4.22. The number of nitrogens with two attached hydrogens (primary N) is 1. The van der Waals surface area contributed by atoms with Crippen molar-refractivity contribution in [2.75, 3.05) is 20.1 Å². The van der Waals surface area contributed by atoms with Gasteiger partial charge in [-0.1, -0.05) is 0 Å². The SMILES string of the molecule is CN(C(=N)N)C(=O)c1cc2ccc(Oc3ccnc(CN4CCCC4)c3)cc2[nH]1. The number of amides is 1. The van der Waals surface area contributed by atoms with Crippen LogP contribution in [-0.4, -0.2) is 51.8 Å². The van der Waals surface area contributed by atoms with Crippen LogP contribution in [0.5, 0.6) is 11.5 Å². The third-order valence-electron chi connectivity index (χ3n) is 5.10. The molecule has 150 valence electrons. The van der Waals surface area contributed by atoms with Gasteiger partial charge in [-0.2, -0.15) is 0 Å². The zero-order valence-electron chi connectivity index (χ0n) is 16.3. The van der Waals surface area contributed by atoms with E-state index in [1.54, 1.807) is 12.3 Å². The lowest BCUT2D eigenvalue weighted by Gasteiger charge is -2.14. The molecule has 1 aliphatic heterocycles. The molecule has 1 amide bonds. The molecule has 1 aliphatic rings. The van der Waals surface area contributed by atoms with Gasteiger partial charge in [0, 0.05) is 42.8 Å². The number of hydrogen-bond donors (Lipinski definition) is 3. The Kier molecular flexibility index (Phi) is 5.18. The minimum Gasteiger partial charge on any atom is -0.457 e. The highest BCUT2D eigenvalue weighted by molar-refractivity contribution is 6.05. The number of aromatic amines is 1. The fourth-order valence-corrected chi connectivity index (χ4v) is 3.49. The molecule has 0 saturated carbocycles. The van der Waals surface area contributed by atoms with Crippen molar-refractivity contribution >= 4 is 22.8 Å². The average Bonchev–Trinajstić information content (AvgIpc) is 3.36. The largest absolute Gasteiger partial charge is 0.457 e. The zero-order chi connectivity index (χ0) is 20.4. The number of aromatic nitrogens is 2. The fraction of sp³-hybridized carbons (Fsp3) is 0.286. The first-order chi connectivity index (χ1) is 14.0. The van der Waals surface area contributed by atoms with E-state index in [0.717, 1.165) is 46.9 Å². The summed E-state index contributed by atoms with van der Waals surface area (Å²) < 4.78 is 6.02. The van der Waals surface area contributed by atoms with Crippen LogP contribution in [-0.2, 0) is 6.54 Å². The van der Waals surface area contributed by atoms with Gasteiger partial charge in [0.05, 0.1) is 5.69 Å². The van der Waals surface area contributed by atoms with Crippen LogP contribution in [0.3, 0.4) is 0 Å². The molecule has 1 aromatic carbocycles. The first-order valence-corrected chi connectivity index (χ1v) is 9.59. The molecule has 0 bridgehead atoms. The maximum absolute atomic E-state index is 12.3. The predicted molar refractivity (Wildman–Crippen MR) is 111 cm³/mol. The zero-order valence-corrected chi connectivity index (χ0v) is 16.3. The fourth-order valence-electron chi connectivity index (χ4n) is 3.49. The van der Waals surface area contributed by atoms with Crippen LogP contribution < -0.4 is 10.5 Å². The number of ether oxygens (including phenoxy) is 1. The summed E-state index contributed by atoms with van der Waals surface area (Å²) in [5, 5.41) is 8.28. The predicted octanol–water partition coefficient (Wildman–Crippen LogP) is 2.92. The van der Waals surface area contributed by atoms with E-state index in [0.29, 0.717) is 11.4 Å². The minimum atomic E-state index is -0.364. The smallest absolute Gasteiger partial charge is 0.276 e. The first kappa shape index (κ1) is 18.9. The number of carbonyl (C=O) groups is 1. The summed E-state index contributed by atoms with van der Waals surface area (Å²) >= 11 is 0. The van der Waals surface area contributed by atoms with Crippen molar-refractivity contribution < 1.29 is 9.53 Å². The van der Waals surface area contributed by atoms with Gasteiger partial charge in [0.2, 0.25) is 0 Å². The monoisotopic (exact) mass is 392 g/mol. The van der Waals surface area contributed by atoms with Crippen LogP contribution >= 0.6 is 0 Å². The second kappa shape index (κ2) is 7.92. The highest BCUT2D eigenvalue weighted by Crippen LogP contribution is 2.27. The highest BCUT2D eigenvalue weighted by atomic mass is 16.5. The van der Waals surface area contributed by atoms with Crippen molar-refractivity contribution in [2.24, 2.45) is 5.73 Å². The lowest BCUT2D eigenvalue weighted by Crippen LogP contribution is -2.38. The van der Waals surface area contributed by atoms with Crippen LogP contribution in [0.25, 0.3) is 10.9 Å². The molecule has 29 heavy (non-hydrogen) atoms. The Bertz CT molecular complexity index is 1050. The van der Waals surface area contributed by atoms with Gasteiger partial charge in [-0.05, 0) is 50.2 Å². The van der Waals surface area contributed by atoms with Gasteiger partial charge in [0.15, 0.2) is 5.96 Å². The minimum absolute atomic E-state index is 0.305. The summed E-state index contributed by atoms with van der Waals surface area (Å²) in [6, 6.07) is 11.1. The average molecular weight is 392 g/mol. The van der Waals surface area contributed by atoms with Crippen LogP contribution in [0.2, 0.25) is 0 Å². The van der Waals surface area contributed by atoms with Gasteiger partial charge >= 0.3 is 0 Å². The number of nitrogens with zero attached hydrogens (tertiary/aromatic N) is 3. The van der Waals surface area contributed by atoms with Crippen molar-refractivity contribution in [3.8, 4) is 11.5 Å². The van der Waals surface area contributed by atoms with Gasteiger partial charge in [-0.25, -0.2) is 0 Å². The second-order valence-electron chi connectivity index (χ2n) is 7.25. The van der Waals surface area contributed by atoms with Crippen LogP contribution in [0, 0.1) is 5.41 Å². The van der Waals surface area contributed by atoms with Crippen molar-refractivity contribution in [3.05, 3.63) is 54.0 Å². The summed E-state index contributed by atoms with van der Waals surface area (Å²) in [6.07, 6.45) is 4.26. The second-order valence-corrected chi connectivity index (χ2v) is 7.25. The summed E-state index contributed by atoms with van der Waals surface area (Å²) in [6.45, 7) is 3.08. The quantitative estimate of drug-likeness (QED) is 0.457. The Morgan fingerprint density at radius 1 is 1.24 bits per heavy atom. The molecule has 0 atom stereocenters. The summed E-state index contributed by atoms with van der Waals surface area (Å²) in [5.41, 5.74) is 7.52. The van der Waals surface area contributed by atoms with Gasteiger partial charge in [0.25, 0.3) is 5.91 Å². The molecular formula is C21H24N6O2. The van der Waals surface area contributed by atoms with Crippen LogP contribution in [0.1, 0.15) is 29.0 Å². The standard InChI is InChI=1S/C21H24N6O2/c1-26(21(22)23)20(28)19-10-14-4-5-16(12-18(14)25-19)29-17-6-7-24-15(11-17)13-27-8-2-3-9-27/h4-7,10-12,25H,2-3,8-9,13H2,1H3,(H3,22,23). The lowest BCUT2D eigenvalue weighted by atomic mass is 10.2. The first-order valence-electron chi connectivity index (χ1n) is 9.59. The van der Waals surface area contributed by atoms with Crippen molar-refractivity contribution in [1.82, 2.24) is 19.8 Å². The number of fused-ring (bicyclic) bond motifs is 1. The van der Waals surface area contributed by atoms with E-state index >= 15 is 0 Å². The summed E-state index contributed by atoms with van der Waals surface area (Å²) in [4.78, 5) is 23.3. The Balaban J connectivity index is 1.51. The number of rotatable bonds is 5. The molecule has 1 fully saturated rings. The molecule has 8 nitrogen and oxygen atoms in total. The molecule has 3 heterocycles. The summed E-state index contributed by atoms with van der Waals surface area (Å²) in [5.74, 6) is 0.723. The van der Waals surface area contributed by atoms with Gasteiger partial charge < -0.3 is 15.5 Å². The third-order valence-corrected chi connectivity index (χ3v) is 5.10. The molecule has 0 aliphatic carbocycles. The van der Waals surface area contributed by atoms with Gasteiger partial charge in [-0.15, -0.1) is 0 Å². The molecule has 3 aromatic rings. The molecule has 8 heteroatoms. The van der Waals surface area contributed by atoms with Crippen LogP contribution in [0.4, 0.5) is 0 Å². The number of benzene rings is 1. The molecular weight excluding hydrogens is 368 g/mol. The number of guanidine groups is 1. The molecule has 4 N–H and O–H groups in total. The van der Waals surface area contributed by atoms with E-state index in [9.17, 15) is 4.79 Å². The van der Waals surface area contributed by atoms with E-state index in [-0.39, 0.29) is 11.9 Å². The van der Waals surface area contributed by atoms with Crippen LogP contribution in [0.15, 0.2) is 42.6 Å². The van der Waals surface area contributed by atoms with E-state index in [4.69, 9.17) is 15.9 Å². The van der Waals surface area contributed by atoms with E-state index in [2.05, 4.69) is 14.9 Å². The van der Waals surface area contributed by atoms with Gasteiger partial charge in [0.1, 0.15) is 17.2 Å². The number of likely N-dealkylation sites (tertiary alicyclic amines) is 1. The Morgan fingerprint density at radius 3 is 2.76 bits per heavy atom. The summed E-state index contributed by atoms with van der Waals surface area (Å²) in [7, 11) is 1.47. The van der Waals surface area contributed by atoms with E-state index < -0.39 is 0 Å².